The Morgan fingerprint density at radius 2 is 1.76 bits per heavy atom. The average molecular weight is 507 g/mol. The number of furan rings is 1. The molecular weight excluding hydrogens is 468 g/mol. The molecule has 9 heteroatoms. The summed E-state index contributed by atoms with van der Waals surface area (Å²) in [5, 5.41) is 0.994. The van der Waals surface area contributed by atoms with Crippen LogP contribution < -0.4 is 4.90 Å². The first kappa shape index (κ1) is 25.6. The molecule has 0 saturated carbocycles. The van der Waals surface area contributed by atoms with Crippen LogP contribution in [0, 0.1) is 0 Å². The number of ether oxygens (including phenoxy) is 1. The molecule has 4 heterocycles. The molecule has 0 unspecified atom stereocenters. The second-order valence-electron chi connectivity index (χ2n) is 9.72. The number of carbonyl (C=O) groups is 1. The summed E-state index contributed by atoms with van der Waals surface area (Å²) in [5.41, 5.74) is 0.874. The largest absolute Gasteiger partial charge is 0.461 e. The monoisotopic (exact) mass is 506 g/mol. The molecular formula is C28H38N6O3. The smallest absolute Gasteiger partial charge is 0.224 e. The minimum atomic E-state index is 0.221. The van der Waals surface area contributed by atoms with Crippen molar-refractivity contribution in [3.05, 3.63) is 42.7 Å². The van der Waals surface area contributed by atoms with Gasteiger partial charge < -0.3 is 23.9 Å². The molecule has 9 nitrogen and oxygen atoms in total. The van der Waals surface area contributed by atoms with Crippen LogP contribution in [0.5, 0.6) is 0 Å². The lowest BCUT2D eigenvalue weighted by Crippen LogP contribution is -2.49. The first-order valence-corrected chi connectivity index (χ1v) is 13.6. The van der Waals surface area contributed by atoms with Crippen LogP contribution in [0.4, 0.5) is 5.82 Å². The summed E-state index contributed by atoms with van der Waals surface area (Å²) >= 11 is 0. The number of hydrogen-bond acceptors (Lipinski definition) is 8. The highest BCUT2D eigenvalue weighted by atomic mass is 16.5. The van der Waals surface area contributed by atoms with E-state index in [2.05, 4.69) is 27.7 Å². The van der Waals surface area contributed by atoms with Crippen LogP contribution >= 0.6 is 0 Å². The van der Waals surface area contributed by atoms with E-state index >= 15 is 0 Å². The number of anilines is 1. The number of amides is 1. The van der Waals surface area contributed by atoms with Gasteiger partial charge in [-0.1, -0.05) is 19.1 Å². The van der Waals surface area contributed by atoms with E-state index in [0.717, 1.165) is 95.3 Å². The third-order valence-electron chi connectivity index (χ3n) is 7.40. The number of aromatic nitrogens is 2. The van der Waals surface area contributed by atoms with Crippen molar-refractivity contribution < 1.29 is 13.9 Å². The van der Waals surface area contributed by atoms with Crippen molar-refractivity contribution >= 4 is 22.6 Å². The van der Waals surface area contributed by atoms with E-state index in [1.54, 1.807) is 6.26 Å². The Morgan fingerprint density at radius 1 is 0.946 bits per heavy atom. The highest BCUT2D eigenvalue weighted by Crippen LogP contribution is 2.28. The average Bonchev–Trinajstić information content (AvgIpc) is 3.50. The molecule has 198 valence electrons. The Bertz CT molecular complexity index is 1140. The van der Waals surface area contributed by atoms with Gasteiger partial charge in [-0.2, -0.15) is 0 Å². The van der Waals surface area contributed by atoms with Crippen LogP contribution in [0.1, 0.15) is 19.8 Å². The van der Waals surface area contributed by atoms with E-state index in [1.165, 1.54) is 0 Å². The van der Waals surface area contributed by atoms with Crippen molar-refractivity contribution in [2.75, 3.05) is 83.6 Å². The quantitative estimate of drug-likeness (QED) is 0.415. The number of fused-ring (bicyclic) bond motifs is 1. The fourth-order valence-electron chi connectivity index (χ4n) is 5.15. The molecule has 2 saturated heterocycles. The minimum absolute atomic E-state index is 0.221. The molecule has 0 aliphatic carbocycles. The number of benzene rings is 1. The molecule has 0 atom stereocenters. The molecule has 1 amide bonds. The van der Waals surface area contributed by atoms with Crippen LogP contribution in [0.2, 0.25) is 0 Å². The predicted molar refractivity (Wildman–Crippen MR) is 145 cm³/mol. The summed E-state index contributed by atoms with van der Waals surface area (Å²) in [6.07, 6.45) is 3.10. The Labute approximate surface area is 219 Å². The number of nitrogens with zero attached hydrogens (tertiary/aromatic N) is 6. The summed E-state index contributed by atoms with van der Waals surface area (Å²) in [6.45, 7) is 12.7. The molecule has 1 aromatic carbocycles. The fraction of sp³-hybridized carbons (Fsp3) is 0.536. The maximum absolute atomic E-state index is 13.2. The van der Waals surface area contributed by atoms with Gasteiger partial charge in [-0.3, -0.25) is 9.69 Å². The molecule has 3 aromatic rings. The molecule has 2 aliphatic heterocycles. The van der Waals surface area contributed by atoms with Gasteiger partial charge in [-0.05, 0) is 37.2 Å². The standard InChI is InChI=1S/C28H38N6O3/c1-2-31-14-16-33(17-15-31)26(35)10-13-34(12-6-11-32-18-21-36-22-19-32)28-23-7-3-4-8-24(23)29-27(30-28)25-9-5-20-37-25/h3-5,7-9,20H,2,6,10-19,21-22H2,1H3. The minimum Gasteiger partial charge on any atom is -0.461 e. The molecule has 2 aliphatic rings. The number of rotatable bonds is 10. The van der Waals surface area contributed by atoms with Gasteiger partial charge in [-0.15, -0.1) is 0 Å². The molecule has 0 bridgehead atoms. The highest BCUT2D eigenvalue weighted by molar-refractivity contribution is 5.91. The van der Waals surface area contributed by atoms with Crippen molar-refractivity contribution in [2.45, 2.75) is 19.8 Å². The van der Waals surface area contributed by atoms with E-state index in [1.807, 2.05) is 35.2 Å². The third-order valence-corrected chi connectivity index (χ3v) is 7.40. The predicted octanol–water partition coefficient (Wildman–Crippen LogP) is 2.97. The van der Waals surface area contributed by atoms with Crippen molar-refractivity contribution in [3.63, 3.8) is 0 Å². The van der Waals surface area contributed by atoms with Crippen LogP contribution in [0.15, 0.2) is 47.1 Å². The van der Waals surface area contributed by atoms with Gasteiger partial charge in [0.2, 0.25) is 5.91 Å². The maximum atomic E-state index is 13.2. The zero-order valence-electron chi connectivity index (χ0n) is 21.8. The topological polar surface area (TPSA) is 78.2 Å². The molecule has 2 aromatic heterocycles. The van der Waals surface area contributed by atoms with Gasteiger partial charge >= 0.3 is 0 Å². The summed E-state index contributed by atoms with van der Waals surface area (Å²) in [5.74, 6) is 2.30. The lowest BCUT2D eigenvalue weighted by Gasteiger charge is -2.35. The number of likely N-dealkylation sites (N-methyl/N-ethyl adjacent to an activating group) is 1. The maximum Gasteiger partial charge on any atom is 0.224 e. The number of morpholine rings is 1. The number of para-hydroxylation sites is 1. The molecule has 0 radical (unpaired) electrons. The molecule has 37 heavy (non-hydrogen) atoms. The summed E-state index contributed by atoms with van der Waals surface area (Å²) in [7, 11) is 0. The summed E-state index contributed by atoms with van der Waals surface area (Å²) in [4.78, 5) is 32.1. The van der Waals surface area contributed by atoms with E-state index < -0.39 is 0 Å². The normalized spacial score (nSPS) is 17.4. The molecule has 0 spiro atoms. The van der Waals surface area contributed by atoms with Gasteiger partial charge in [0.05, 0.1) is 25.0 Å². The number of hydrogen-bond donors (Lipinski definition) is 0. The zero-order valence-corrected chi connectivity index (χ0v) is 21.8. The molecule has 0 N–H and O–H groups in total. The van der Waals surface area contributed by atoms with Gasteiger partial charge in [-0.25, -0.2) is 9.97 Å². The first-order chi connectivity index (χ1) is 18.2. The molecule has 2 fully saturated rings. The lowest BCUT2D eigenvalue weighted by atomic mass is 10.2. The Kier molecular flexibility index (Phi) is 8.65. The number of piperazine rings is 1. The van der Waals surface area contributed by atoms with Gasteiger partial charge in [0.15, 0.2) is 11.6 Å². The van der Waals surface area contributed by atoms with Crippen molar-refractivity contribution in [2.24, 2.45) is 0 Å². The first-order valence-electron chi connectivity index (χ1n) is 13.6. The fourth-order valence-corrected chi connectivity index (χ4v) is 5.15. The number of carbonyl (C=O) groups excluding carboxylic acids is 1. The highest BCUT2D eigenvalue weighted by Gasteiger charge is 2.23. The van der Waals surface area contributed by atoms with Crippen LogP contribution in [0.3, 0.4) is 0 Å². The lowest BCUT2D eigenvalue weighted by molar-refractivity contribution is -0.132. The third kappa shape index (κ3) is 6.47. The Balaban J connectivity index is 1.35. The van der Waals surface area contributed by atoms with Crippen LogP contribution in [0.25, 0.3) is 22.5 Å². The SMILES string of the molecule is CCN1CCN(C(=O)CCN(CCCN2CCOCC2)c2nc(-c3ccco3)nc3ccccc23)CC1. The van der Waals surface area contributed by atoms with Crippen molar-refractivity contribution in [3.8, 4) is 11.6 Å². The van der Waals surface area contributed by atoms with Gasteiger partial charge in [0.1, 0.15) is 5.82 Å². The van der Waals surface area contributed by atoms with Gasteiger partial charge in [0.25, 0.3) is 0 Å². The zero-order chi connectivity index (χ0) is 25.5. The Morgan fingerprint density at radius 3 is 2.51 bits per heavy atom. The van der Waals surface area contributed by atoms with E-state index in [9.17, 15) is 4.79 Å². The van der Waals surface area contributed by atoms with E-state index in [-0.39, 0.29) is 5.91 Å². The van der Waals surface area contributed by atoms with Crippen LogP contribution in [-0.2, 0) is 9.53 Å². The van der Waals surface area contributed by atoms with E-state index in [0.29, 0.717) is 24.6 Å². The Hall–Kier alpha value is -3.01. The summed E-state index contributed by atoms with van der Waals surface area (Å²) < 4.78 is 11.1. The second kappa shape index (κ2) is 12.5. The van der Waals surface area contributed by atoms with Gasteiger partial charge in [0, 0.05) is 70.7 Å². The van der Waals surface area contributed by atoms with E-state index in [4.69, 9.17) is 19.1 Å². The summed E-state index contributed by atoms with van der Waals surface area (Å²) in [6, 6.07) is 11.8. The van der Waals surface area contributed by atoms with Crippen molar-refractivity contribution in [1.82, 2.24) is 24.7 Å². The second-order valence-corrected chi connectivity index (χ2v) is 9.72. The van der Waals surface area contributed by atoms with Crippen LogP contribution in [-0.4, -0.2) is 109 Å². The van der Waals surface area contributed by atoms with Crippen molar-refractivity contribution in [1.29, 1.82) is 0 Å². The molecule has 5 rings (SSSR count).